The quantitative estimate of drug-likeness (QED) is 0.912. The van der Waals surface area contributed by atoms with Crippen LogP contribution in [0.2, 0.25) is 0 Å². The van der Waals surface area contributed by atoms with Crippen molar-refractivity contribution in [2.75, 3.05) is 20.2 Å². The van der Waals surface area contributed by atoms with E-state index in [9.17, 15) is 9.59 Å². The molecule has 0 spiro atoms. The van der Waals surface area contributed by atoms with Gasteiger partial charge in [0.05, 0.1) is 19.7 Å². The Morgan fingerprint density at radius 2 is 1.92 bits per heavy atom. The summed E-state index contributed by atoms with van der Waals surface area (Å²) in [6.07, 6.45) is 0. The number of hydrogen-bond donors (Lipinski definition) is 1. The third-order valence-electron chi connectivity index (χ3n) is 4.55. The third-order valence-corrected chi connectivity index (χ3v) is 4.55. The highest BCUT2D eigenvalue weighted by Crippen LogP contribution is 2.38. The summed E-state index contributed by atoms with van der Waals surface area (Å²) in [6, 6.07) is 17.0. The first kappa shape index (κ1) is 17.0. The largest absolute Gasteiger partial charge is 0.497 e. The van der Waals surface area contributed by atoms with E-state index < -0.39 is 0 Å². The van der Waals surface area contributed by atoms with Crippen molar-refractivity contribution in [3.05, 3.63) is 65.7 Å². The molecule has 3 rings (SSSR count). The second kappa shape index (κ2) is 7.38. The van der Waals surface area contributed by atoms with Crippen molar-refractivity contribution in [1.29, 1.82) is 0 Å². The number of carbonyl (C=O) groups is 2. The van der Waals surface area contributed by atoms with Gasteiger partial charge >= 0.3 is 0 Å². The molecule has 130 valence electrons. The molecule has 25 heavy (non-hydrogen) atoms. The molecule has 0 saturated carbocycles. The van der Waals surface area contributed by atoms with E-state index in [4.69, 9.17) is 4.74 Å². The summed E-state index contributed by atoms with van der Waals surface area (Å²) in [5.41, 5.74) is 1.61. The smallest absolute Gasteiger partial charge is 0.251 e. The fourth-order valence-corrected chi connectivity index (χ4v) is 3.23. The first-order valence-corrected chi connectivity index (χ1v) is 8.37. The number of nitrogens with one attached hydrogen (secondary N) is 1. The fraction of sp³-hybridized carbons (Fsp3) is 0.300. The molecule has 2 atom stereocenters. The van der Waals surface area contributed by atoms with Crippen LogP contribution >= 0.6 is 0 Å². The monoisotopic (exact) mass is 338 g/mol. The predicted molar refractivity (Wildman–Crippen MR) is 95.4 cm³/mol. The van der Waals surface area contributed by atoms with Crippen LogP contribution in [0.25, 0.3) is 0 Å². The number of nitrogens with zero attached hydrogens (tertiary/aromatic N) is 1. The van der Waals surface area contributed by atoms with Gasteiger partial charge < -0.3 is 15.0 Å². The molecule has 2 aromatic carbocycles. The summed E-state index contributed by atoms with van der Waals surface area (Å²) in [4.78, 5) is 26.5. The van der Waals surface area contributed by atoms with E-state index >= 15 is 0 Å². The zero-order chi connectivity index (χ0) is 17.8. The van der Waals surface area contributed by atoms with Crippen LogP contribution in [0.4, 0.5) is 0 Å². The van der Waals surface area contributed by atoms with Gasteiger partial charge in [-0.05, 0) is 29.7 Å². The van der Waals surface area contributed by atoms with Crippen LogP contribution in [-0.4, -0.2) is 36.9 Å². The zero-order valence-corrected chi connectivity index (χ0v) is 14.4. The summed E-state index contributed by atoms with van der Waals surface area (Å²) in [6.45, 7) is 2.84. The van der Waals surface area contributed by atoms with E-state index in [1.165, 1.54) is 0 Å². The van der Waals surface area contributed by atoms with Gasteiger partial charge in [0.1, 0.15) is 5.75 Å². The average Bonchev–Trinajstić information content (AvgIpc) is 2.64. The molecule has 0 unspecified atom stereocenters. The molecule has 1 saturated heterocycles. The molecule has 5 nitrogen and oxygen atoms in total. The third kappa shape index (κ3) is 3.65. The first-order valence-electron chi connectivity index (χ1n) is 8.37. The van der Waals surface area contributed by atoms with Crippen molar-refractivity contribution in [2.45, 2.75) is 13.0 Å². The number of rotatable bonds is 5. The van der Waals surface area contributed by atoms with Gasteiger partial charge in [0.2, 0.25) is 5.91 Å². The van der Waals surface area contributed by atoms with Gasteiger partial charge in [0.25, 0.3) is 5.91 Å². The number of carbonyl (C=O) groups excluding carboxylic acids is 2. The Hall–Kier alpha value is -2.82. The minimum absolute atomic E-state index is 0.00784. The van der Waals surface area contributed by atoms with E-state index in [2.05, 4.69) is 12.2 Å². The molecule has 0 aliphatic carbocycles. The molecule has 1 N–H and O–H groups in total. The molecule has 1 fully saturated rings. The molecule has 1 heterocycles. The summed E-state index contributed by atoms with van der Waals surface area (Å²) in [7, 11) is 1.55. The summed E-state index contributed by atoms with van der Waals surface area (Å²) < 4.78 is 5.12. The van der Waals surface area contributed by atoms with E-state index in [1.807, 2.05) is 35.2 Å². The second-order valence-electron chi connectivity index (χ2n) is 6.29. The number of likely N-dealkylation sites (tertiary alicyclic amines) is 1. The van der Waals surface area contributed by atoms with Gasteiger partial charge in [-0.25, -0.2) is 0 Å². The van der Waals surface area contributed by atoms with Crippen LogP contribution in [0.5, 0.6) is 5.75 Å². The summed E-state index contributed by atoms with van der Waals surface area (Å²) >= 11 is 0. The Morgan fingerprint density at radius 3 is 2.60 bits per heavy atom. The highest BCUT2D eigenvalue weighted by atomic mass is 16.5. The molecular weight excluding hydrogens is 316 g/mol. The lowest BCUT2D eigenvalue weighted by atomic mass is 9.84. The van der Waals surface area contributed by atoms with Crippen LogP contribution in [0.1, 0.15) is 28.9 Å². The molecule has 2 amide bonds. The van der Waals surface area contributed by atoms with E-state index in [-0.39, 0.29) is 24.4 Å². The Balaban J connectivity index is 1.60. The summed E-state index contributed by atoms with van der Waals surface area (Å²) in [5.74, 6) is 0.681. The lowest BCUT2D eigenvalue weighted by Gasteiger charge is -2.47. The Kier molecular flexibility index (Phi) is 5.03. The normalized spacial score (nSPS) is 19.0. The fourth-order valence-electron chi connectivity index (χ4n) is 3.23. The number of hydrogen-bond acceptors (Lipinski definition) is 3. The number of amides is 2. The molecule has 0 aromatic heterocycles. The predicted octanol–water partition coefficient (Wildman–Crippen LogP) is 2.64. The van der Waals surface area contributed by atoms with Gasteiger partial charge in [0.15, 0.2) is 0 Å². The maximum Gasteiger partial charge on any atom is 0.251 e. The van der Waals surface area contributed by atoms with Crippen LogP contribution in [0, 0.1) is 5.92 Å². The van der Waals surface area contributed by atoms with Crippen molar-refractivity contribution >= 4 is 11.8 Å². The number of benzene rings is 2. The van der Waals surface area contributed by atoms with Crippen molar-refractivity contribution in [1.82, 2.24) is 10.2 Å². The van der Waals surface area contributed by atoms with Crippen molar-refractivity contribution < 1.29 is 14.3 Å². The lowest BCUT2D eigenvalue weighted by molar-refractivity contribution is -0.142. The van der Waals surface area contributed by atoms with Crippen molar-refractivity contribution in [2.24, 2.45) is 5.92 Å². The zero-order valence-electron chi connectivity index (χ0n) is 14.4. The van der Waals surface area contributed by atoms with Gasteiger partial charge in [-0.3, -0.25) is 9.59 Å². The molecule has 1 aliphatic rings. The Labute approximate surface area is 147 Å². The minimum Gasteiger partial charge on any atom is -0.497 e. The number of methoxy groups -OCH3 is 1. The SMILES string of the molecule is COc1cccc(C(=O)NCC(=O)N2C[C@@H](C)[C@H]2c2ccccc2)c1. The van der Waals surface area contributed by atoms with E-state index in [0.29, 0.717) is 23.8 Å². The standard InChI is InChI=1S/C20H22N2O3/c1-14-13-22(19(14)15-7-4-3-5-8-15)18(23)12-21-20(24)16-9-6-10-17(11-16)25-2/h3-11,14,19H,12-13H2,1-2H3,(H,21,24)/t14-,19+/m1/s1. The van der Waals surface area contributed by atoms with Crippen LogP contribution in [-0.2, 0) is 4.79 Å². The average molecular weight is 338 g/mol. The van der Waals surface area contributed by atoms with E-state index in [1.54, 1.807) is 31.4 Å². The second-order valence-corrected chi connectivity index (χ2v) is 6.29. The highest BCUT2D eigenvalue weighted by Gasteiger charge is 2.39. The van der Waals surface area contributed by atoms with Gasteiger partial charge in [0, 0.05) is 12.1 Å². The molecule has 0 radical (unpaired) electrons. The van der Waals surface area contributed by atoms with Gasteiger partial charge in [-0.1, -0.05) is 43.3 Å². The molecule has 1 aliphatic heterocycles. The topological polar surface area (TPSA) is 58.6 Å². The Morgan fingerprint density at radius 1 is 1.16 bits per heavy atom. The van der Waals surface area contributed by atoms with Gasteiger partial charge in [-0.2, -0.15) is 0 Å². The highest BCUT2D eigenvalue weighted by molar-refractivity contribution is 5.96. The maximum atomic E-state index is 12.5. The molecular formula is C20H22N2O3. The van der Waals surface area contributed by atoms with Gasteiger partial charge in [-0.15, -0.1) is 0 Å². The van der Waals surface area contributed by atoms with Crippen molar-refractivity contribution in [3.8, 4) is 5.75 Å². The first-order chi connectivity index (χ1) is 12.1. The minimum atomic E-state index is -0.280. The van der Waals surface area contributed by atoms with Crippen LogP contribution < -0.4 is 10.1 Å². The Bertz CT molecular complexity index is 761. The number of ether oxygens (including phenoxy) is 1. The van der Waals surface area contributed by atoms with E-state index in [0.717, 1.165) is 5.56 Å². The lowest BCUT2D eigenvalue weighted by Crippen LogP contribution is -2.54. The van der Waals surface area contributed by atoms with Crippen molar-refractivity contribution in [3.63, 3.8) is 0 Å². The molecule has 5 heteroatoms. The molecule has 0 bridgehead atoms. The van der Waals surface area contributed by atoms with Crippen LogP contribution in [0.3, 0.4) is 0 Å². The molecule has 2 aromatic rings. The van der Waals surface area contributed by atoms with Crippen LogP contribution in [0.15, 0.2) is 54.6 Å². The summed E-state index contributed by atoms with van der Waals surface area (Å²) in [5, 5.41) is 2.70. The maximum absolute atomic E-state index is 12.5.